The van der Waals surface area contributed by atoms with Crippen molar-refractivity contribution in [1.29, 1.82) is 0 Å². The summed E-state index contributed by atoms with van der Waals surface area (Å²) in [5, 5.41) is 0. The number of halogens is 4. The van der Waals surface area contributed by atoms with E-state index in [1.807, 2.05) is 0 Å². The molecule has 0 saturated heterocycles. The predicted molar refractivity (Wildman–Crippen MR) is 54.5 cm³/mol. The van der Waals surface area contributed by atoms with E-state index in [0.29, 0.717) is 6.07 Å². The molecule has 1 aromatic carbocycles. The number of hydrogen-bond donors (Lipinski definition) is 0. The smallest absolute Gasteiger partial charge is 0.298 e. The Morgan fingerprint density at radius 2 is 1.94 bits per heavy atom. The van der Waals surface area contributed by atoms with Gasteiger partial charge >= 0.3 is 6.18 Å². The van der Waals surface area contributed by atoms with Crippen molar-refractivity contribution in [3.05, 3.63) is 33.3 Å². The van der Waals surface area contributed by atoms with Crippen molar-refractivity contribution in [3.8, 4) is 0 Å². The van der Waals surface area contributed by atoms with Gasteiger partial charge in [-0.1, -0.05) is 0 Å². The maximum Gasteiger partial charge on any atom is 0.417 e. The van der Waals surface area contributed by atoms with E-state index in [1.165, 1.54) is 0 Å². The van der Waals surface area contributed by atoms with E-state index in [0.717, 1.165) is 13.0 Å². The Balaban J connectivity index is 3.56. The van der Waals surface area contributed by atoms with Gasteiger partial charge in [0.2, 0.25) is 0 Å². The molecule has 16 heavy (non-hydrogen) atoms. The summed E-state index contributed by atoms with van der Waals surface area (Å²) in [5.74, 6) is -0.541. The summed E-state index contributed by atoms with van der Waals surface area (Å²) in [6.45, 7) is 1.13. The molecule has 2 nitrogen and oxygen atoms in total. The first-order valence-corrected chi connectivity index (χ1v) is 4.93. The minimum Gasteiger partial charge on any atom is -0.298 e. The van der Waals surface area contributed by atoms with Crippen LogP contribution in [0.15, 0.2) is 16.6 Å². The predicted octanol–water partition coefficient (Wildman–Crippen LogP) is 3.48. The van der Waals surface area contributed by atoms with Crippen molar-refractivity contribution in [1.82, 2.24) is 0 Å². The minimum absolute atomic E-state index is 0.156. The van der Waals surface area contributed by atoms with Gasteiger partial charge in [0.15, 0.2) is 5.78 Å². The summed E-state index contributed by atoms with van der Waals surface area (Å²) < 4.78 is 37.3. The van der Waals surface area contributed by atoms with Crippen LogP contribution in [0.3, 0.4) is 0 Å². The zero-order valence-electron chi connectivity index (χ0n) is 8.06. The van der Waals surface area contributed by atoms with Gasteiger partial charge in [-0.15, -0.1) is 0 Å². The number of ketones is 1. The summed E-state index contributed by atoms with van der Waals surface area (Å²) >= 11 is 2.72. The third kappa shape index (κ3) is 2.49. The van der Waals surface area contributed by atoms with Crippen molar-refractivity contribution < 1.29 is 22.8 Å². The molecule has 0 N–H and O–H groups in total. The first kappa shape index (κ1) is 12.9. The summed E-state index contributed by atoms with van der Waals surface area (Å²) in [6.07, 6.45) is -4.34. The topological polar surface area (TPSA) is 34.1 Å². The zero-order valence-corrected chi connectivity index (χ0v) is 9.65. The van der Waals surface area contributed by atoms with Gasteiger partial charge in [-0.2, -0.15) is 13.2 Å². The fourth-order valence-electron chi connectivity index (χ4n) is 1.18. The van der Waals surface area contributed by atoms with E-state index < -0.39 is 17.5 Å². The highest BCUT2D eigenvalue weighted by Crippen LogP contribution is 2.37. The Labute approximate surface area is 97.6 Å². The molecule has 0 fully saturated rings. The molecule has 0 unspecified atom stereocenters. The Kier molecular flexibility index (Phi) is 3.52. The van der Waals surface area contributed by atoms with E-state index in [1.54, 1.807) is 0 Å². The molecule has 0 bridgehead atoms. The molecule has 1 aromatic rings. The van der Waals surface area contributed by atoms with Gasteiger partial charge in [0.1, 0.15) is 6.29 Å². The second kappa shape index (κ2) is 4.37. The number of carbonyl (C=O) groups excluding carboxylic acids is 2. The second-order valence-corrected chi connectivity index (χ2v) is 3.89. The number of Topliss-reactive ketones (excluding diaryl/α,β-unsaturated/α-hetero) is 1. The van der Waals surface area contributed by atoms with Gasteiger partial charge in [-0.3, -0.25) is 9.59 Å². The highest BCUT2D eigenvalue weighted by atomic mass is 79.9. The first-order valence-electron chi connectivity index (χ1n) is 4.14. The van der Waals surface area contributed by atoms with Crippen LogP contribution in [0.5, 0.6) is 0 Å². The fraction of sp³-hybridized carbons (Fsp3) is 0.200. The molecule has 0 aromatic heterocycles. The molecular formula is C10H6BrF3O2. The van der Waals surface area contributed by atoms with Crippen molar-refractivity contribution in [3.63, 3.8) is 0 Å². The fourth-order valence-corrected chi connectivity index (χ4v) is 1.91. The Morgan fingerprint density at radius 3 is 2.31 bits per heavy atom. The molecule has 0 atom stereocenters. The minimum atomic E-state index is -4.61. The SMILES string of the molecule is CC(=O)c1cc(C=O)cc(C(F)(F)F)c1Br. The molecule has 86 valence electrons. The lowest BCUT2D eigenvalue weighted by Gasteiger charge is -2.12. The van der Waals surface area contributed by atoms with Gasteiger partial charge in [0, 0.05) is 15.6 Å². The zero-order chi connectivity index (χ0) is 12.5. The quantitative estimate of drug-likeness (QED) is 0.618. The highest BCUT2D eigenvalue weighted by Gasteiger charge is 2.34. The van der Waals surface area contributed by atoms with Crippen LogP contribution in [0, 0.1) is 0 Å². The van der Waals surface area contributed by atoms with Gasteiger partial charge in [-0.05, 0) is 35.0 Å². The Bertz CT molecular complexity index is 452. The van der Waals surface area contributed by atoms with E-state index in [2.05, 4.69) is 15.9 Å². The van der Waals surface area contributed by atoms with Crippen LogP contribution in [0.25, 0.3) is 0 Å². The molecule has 0 aliphatic rings. The van der Waals surface area contributed by atoms with Crippen LogP contribution in [0.4, 0.5) is 13.2 Å². The molecular weight excluding hydrogens is 289 g/mol. The Morgan fingerprint density at radius 1 is 1.38 bits per heavy atom. The van der Waals surface area contributed by atoms with Crippen LogP contribution in [-0.2, 0) is 6.18 Å². The number of alkyl halides is 3. The molecule has 1 rings (SSSR count). The van der Waals surface area contributed by atoms with Crippen LogP contribution in [0.2, 0.25) is 0 Å². The standard InChI is InChI=1S/C10H6BrF3O2/c1-5(16)7-2-6(4-15)3-8(9(7)11)10(12,13)14/h2-4H,1H3. The second-order valence-electron chi connectivity index (χ2n) is 3.10. The number of aldehydes is 1. The van der Waals surface area contributed by atoms with Gasteiger partial charge in [0.25, 0.3) is 0 Å². The van der Waals surface area contributed by atoms with E-state index in [-0.39, 0.29) is 21.9 Å². The van der Waals surface area contributed by atoms with E-state index >= 15 is 0 Å². The van der Waals surface area contributed by atoms with Gasteiger partial charge in [0.05, 0.1) is 5.56 Å². The monoisotopic (exact) mass is 294 g/mol. The van der Waals surface area contributed by atoms with Crippen LogP contribution in [0.1, 0.15) is 33.2 Å². The lowest BCUT2D eigenvalue weighted by molar-refractivity contribution is -0.138. The number of hydrogen-bond acceptors (Lipinski definition) is 2. The lowest BCUT2D eigenvalue weighted by Crippen LogP contribution is -2.10. The highest BCUT2D eigenvalue weighted by molar-refractivity contribution is 9.10. The van der Waals surface area contributed by atoms with E-state index in [4.69, 9.17) is 0 Å². The normalized spacial score (nSPS) is 11.3. The molecule has 0 amide bonds. The van der Waals surface area contributed by atoms with Crippen molar-refractivity contribution >= 4 is 28.0 Å². The number of benzene rings is 1. The van der Waals surface area contributed by atoms with Crippen LogP contribution in [-0.4, -0.2) is 12.1 Å². The van der Waals surface area contributed by atoms with Crippen molar-refractivity contribution in [2.75, 3.05) is 0 Å². The largest absolute Gasteiger partial charge is 0.417 e. The molecule has 0 radical (unpaired) electrons. The van der Waals surface area contributed by atoms with Crippen LogP contribution < -0.4 is 0 Å². The molecule has 6 heteroatoms. The number of rotatable bonds is 2. The summed E-state index contributed by atoms with van der Waals surface area (Å²) in [5.41, 5.74) is -1.36. The average molecular weight is 295 g/mol. The molecule has 0 aliphatic carbocycles. The average Bonchev–Trinajstić information content (AvgIpc) is 2.15. The van der Waals surface area contributed by atoms with Crippen molar-refractivity contribution in [2.24, 2.45) is 0 Å². The maximum absolute atomic E-state index is 12.6. The van der Waals surface area contributed by atoms with Gasteiger partial charge in [-0.25, -0.2) is 0 Å². The number of carbonyl (C=O) groups is 2. The van der Waals surface area contributed by atoms with Crippen molar-refractivity contribution in [2.45, 2.75) is 13.1 Å². The summed E-state index contributed by atoms with van der Waals surface area (Å²) in [7, 11) is 0. The maximum atomic E-state index is 12.6. The molecule has 0 heterocycles. The van der Waals surface area contributed by atoms with Gasteiger partial charge < -0.3 is 0 Å². The molecule has 0 aliphatic heterocycles. The van der Waals surface area contributed by atoms with Crippen LogP contribution >= 0.6 is 15.9 Å². The Hall–Kier alpha value is -1.17. The summed E-state index contributed by atoms with van der Waals surface area (Å²) in [4.78, 5) is 21.6. The molecule has 0 spiro atoms. The molecule has 0 saturated carbocycles. The third-order valence-electron chi connectivity index (χ3n) is 1.92. The first-order chi connectivity index (χ1) is 7.27. The lowest BCUT2D eigenvalue weighted by atomic mass is 10.0. The van der Waals surface area contributed by atoms with E-state index in [9.17, 15) is 22.8 Å². The summed E-state index contributed by atoms with van der Waals surface area (Å²) in [6, 6.07) is 1.82. The third-order valence-corrected chi connectivity index (χ3v) is 2.77.